The number of phenolic OH excluding ortho intramolecular Hbond substituents is 1. The minimum absolute atomic E-state index is 0.0402. The van der Waals surface area contributed by atoms with Crippen molar-refractivity contribution in [3.63, 3.8) is 0 Å². The number of para-hydroxylation sites is 1. The molecule has 0 heterocycles. The molecule has 0 atom stereocenters. The monoisotopic (exact) mass is 350 g/mol. The average molecular weight is 350 g/mol. The van der Waals surface area contributed by atoms with Gasteiger partial charge in [0.05, 0.1) is 0 Å². The minimum atomic E-state index is -1.87. The van der Waals surface area contributed by atoms with E-state index in [-0.39, 0.29) is 16.4 Å². The molecule has 3 aromatic rings. The largest absolute Gasteiger partial charge is 0.507 e. The molecule has 122 valence electrons. The number of rotatable bonds is 3. The van der Waals surface area contributed by atoms with Crippen LogP contribution in [0.4, 0.5) is 17.6 Å². The zero-order valence-electron chi connectivity index (χ0n) is 12.2. The van der Waals surface area contributed by atoms with E-state index in [4.69, 9.17) is 0 Å². The van der Waals surface area contributed by atoms with Crippen molar-refractivity contribution in [2.45, 2.75) is 0 Å². The Kier molecular flexibility index (Phi) is 4.54. The van der Waals surface area contributed by atoms with Crippen LogP contribution in [0.25, 0.3) is 0 Å². The van der Waals surface area contributed by atoms with Crippen LogP contribution in [0.15, 0.2) is 60.7 Å². The van der Waals surface area contributed by atoms with Crippen LogP contribution in [0.2, 0.25) is 0 Å². The van der Waals surface area contributed by atoms with Crippen molar-refractivity contribution in [3.05, 3.63) is 83.9 Å². The van der Waals surface area contributed by atoms with Gasteiger partial charge in [0, 0.05) is 28.0 Å². The van der Waals surface area contributed by atoms with Gasteiger partial charge < -0.3 is 5.11 Å². The van der Waals surface area contributed by atoms with Gasteiger partial charge >= 0.3 is 0 Å². The molecule has 1 nitrogen and oxygen atoms in total. The zero-order chi connectivity index (χ0) is 17.3. The number of hydrogen-bond donors (Lipinski definition) is 1. The summed E-state index contributed by atoms with van der Waals surface area (Å²) in [5.41, 5.74) is 0. The van der Waals surface area contributed by atoms with Gasteiger partial charge in [-0.1, -0.05) is 18.2 Å². The molecule has 0 amide bonds. The van der Waals surface area contributed by atoms with Gasteiger partial charge in [0.25, 0.3) is 0 Å². The summed E-state index contributed by atoms with van der Waals surface area (Å²) in [6, 6.07) is 12.1. The molecule has 0 radical (unpaired) electrons. The Morgan fingerprint density at radius 3 is 1.58 bits per heavy atom. The van der Waals surface area contributed by atoms with E-state index in [9.17, 15) is 22.7 Å². The van der Waals surface area contributed by atoms with Gasteiger partial charge in [-0.2, -0.15) is 0 Å². The van der Waals surface area contributed by atoms with Gasteiger partial charge in [-0.25, -0.2) is 17.6 Å². The quantitative estimate of drug-likeness (QED) is 0.564. The molecule has 0 bridgehead atoms. The third-order valence-corrected chi connectivity index (χ3v) is 5.97. The number of benzene rings is 3. The van der Waals surface area contributed by atoms with Crippen molar-refractivity contribution in [2.75, 3.05) is 0 Å². The Morgan fingerprint density at radius 1 is 0.625 bits per heavy atom. The molecule has 1 N–H and O–H groups in total. The highest BCUT2D eigenvalue weighted by atomic mass is 31.1. The molecule has 3 rings (SSSR count). The van der Waals surface area contributed by atoms with Gasteiger partial charge in [-0.3, -0.25) is 0 Å². The van der Waals surface area contributed by atoms with Crippen LogP contribution in [0.1, 0.15) is 0 Å². The summed E-state index contributed by atoms with van der Waals surface area (Å²) in [6.45, 7) is 0. The number of phenols is 1. The Bertz CT molecular complexity index is 846. The summed E-state index contributed by atoms with van der Waals surface area (Å²) in [5, 5.41) is 10.5. The SMILES string of the molecule is Oc1ccccc1P(c1ccc(F)cc1F)c1ccc(F)cc1F. The number of aromatic hydroxyl groups is 1. The summed E-state index contributed by atoms with van der Waals surface area (Å²) < 4.78 is 55.1. The lowest BCUT2D eigenvalue weighted by atomic mass is 10.3. The fourth-order valence-electron chi connectivity index (χ4n) is 2.37. The molecule has 0 spiro atoms. The van der Waals surface area contributed by atoms with Gasteiger partial charge in [0.15, 0.2) is 0 Å². The first-order valence-corrected chi connectivity index (χ1v) is 8.30. The summed E-state index contributed by atoms with van der Waals surface area (Å²) in [5.74, 6) is -3.37. The van der Waals surface area contributed by atoms with Crippen molar-refractivity contribution < 1.29 is 22.7 Å². The number of hydrogen-bond acceptors (Lipinski definition) is 1. The first kappa shape index (κ1) is 16.5. The van der Waals surface area contributed by atoms with Crippen LogP contribution in [0.3, 0.4) is 0 Å². The molecular formula is C18H11F4OP. The predicted octanol–water partition coefficient (Wildman–Crippen LogP) is 3.71. The van der Waals surface area contributed by atoms with Crippen molar-refractivity contribution in [3.8, 4) is 5.75 Å². The van der Waals surface area contributed by atoms with Crippen LogP contribution >= 0.6 is 7.92 Å². The maximum atomic E-state index is 14.3. The molecular weight excluding hydrogens is 339 g/mol. The molecule has 3 aromatic carbocycles. The molecule has 0 unspecified atom stereocenters. The van der Waals surface area contributed by atoms with E-state index in [1.165, 1.54) is 24.3 Å². The lowest BCUT2D eigenvalue weighted by Crippen LogP contribution is -2.25. The molecule has 24 heavy (non-hydrogen) atoms. The lowest BCUT2D eigenvalue weighted by molar-refractivity contribution is 0.480. The molecule has 0 fully saturated rings. The Hall–Kier alpha value is -2.39. The summed E-state index contributed by atoms with van der Waals surface area (Å²) in [6.07, 6.45) is 0. The normalized spacial score (nSPS) is 11.0. The van der Waals surface area contributed by atoms with E-state index < -0.39 is 31.2 Å². The smallest absolute Gasteiger partial charge is 0.134 e. The van der Waals surface area contributed by atoms with E-state index >= 15 is 0 Å². The first-order valence-electron chi connectivity index (χ1n) is 6.95. The molecule has 0 aliphatic rings. The van der Waals surface area contributed by atoms with Gasteiger partial charge in [0.2, 0.25) is 0 Å². The van der Waals surface area contributed by atoms with Crippen molar-refractivity contribution in [1.29, 1.82) is 0 Å². The van der Waals surface area contributed by atoms with Gasteiger partial charge in [-0.05, 0) is 38.3 Å². The van der Waals surface area contributed by atoms with E-state index in [0.29, 0.717) is 17.4 Å². The summed E-state index contributed by atoms with van der Waals surface area (Å²) in [4.78, 5) is 0. The third kappa shape index (κ3) is 3.13. The third-order valence-electron chi connectivity index (χ3n) is 3.42. The van der Waals surface area contributed by atoms with Crippen molar-refractivity contribution in [1.82, 2.24) is 0 Å². The maximum absolute atomic E-state index is 14.3. The molecule has 0 saturated carbocycles. The van der Waals surface area contributed by atoms with E-state index in [0.717, 1.165) is 12.1 Å². The fourth-order valence-corrected chi connectivity index (χ4v) is 4.69. The predicted molar refractivity (Wildman–Crippen MR) is 86.6 cm³/mol. The van der Waals surface area contributed by atoms with Gasteiger partial charge in [-0.15, -0.1) is 0 Å². The van der Waals surface area contributed by atoms with Gasteiger partial charge in [0.1, 0.15) is 29.0 Å². The maximum Gasteiger partial charge on any atom is 0.134 e. The highest BCUT2D eigenvalue weighted by Crippen LogP contribution is 2.38. The Morgan fingerprint density at radius 2 is 1.12 bits per heavy atom. The molecule has 0 aromatic heterocycles. The van der Waals surface area contributed by atoms with Crippen LogP contribution in [0, 0.1) is 23.3 Å². The van der Waals surface area contributed by atoms with Crippen molar-refractivity contribution in [2.24, 2.45) is 0 Å². The first-order chi connectivity index (χ1) is 11.5. The Labute approximate surface area is 137 Å². The van der Waals surface area contributed by atoms with E-state index in [1.807, 2.05) is 0 Å². The second-order valence-corrected chi connectivity index (χ2v) is 7.13. The molecule has 6 heteroatoms. The van der Waals surface area contributed by atoms with E-state index in [1.54, 1.807) is 12.1 Å². The molecule has 0 aliphatic heterocycles. The topological polar surface area (TPSA) is 20.2 Å². The highest BCUT2D eigenvalue weighted by molar-refractivity contribution is 7.80. The van der Waals surface area contributed by atoms with Crippen LogP contribution in [-0.2, 0) is 0 Å². The minimum Gasteiger partial charge on any atom is -0.507 e. The average Bonchev–Trinajstić information content (AvgIpc) is 2.52. The number of halogens is 4. The lowest BCUT2D eigenvalue weighted by Gasteiger charge is -2.21. The summed E-state index contributed by atoms with van der Waals surface area (Å²) >= 11 is 0. The van der Waals surface area contributed by atoms with Crippen LogP contribution < -0.4 is 15.9 Å². The highest BCUT2D eigenvalue weighted by Gasteiger charge is 2.25. The summed E-state index contributed by atoms with van der Waals surface area (Å²) in [7, 11) is -1.87. The van der Waals surface area contributed by atoms with Crippen LogP contribution in [-0.4, -0.2) is 5.11 Å². The second kappa shape index (κ2) is 6.62. The Balaban J connectivity index is 2.27. The molecule has 0 saturated heterocycles. The second-order valence-electron chi connectivity index (χ2n) is 5.02. The van der Waals surface area contributed by atoms with Crippen LogP contribution in [0.5, 0.6) is 5.75 Å². The molecule has 0 aliphatic carbocycles. The zero-order valence-corrected chi connectivity index (χ0v) is 13.1. The standard InChI is InChI=1S/C18H11F4OP/c19-11-5-7-16(13(21)9-11)24(18-4-2-1-3-15(18)23)17-8-6-12(20)10-14(17)22/h1-10,23H. The van der Waals surface area contributed by atoms with Crippen molar-refractivity contribution >= 4 is 23.8 Å². The fraction of sp³-hybridized carbons (Fsp3) is 0. The van der Waals surface area contributed by atoms with E-state index in [2.05, 4.69) is 0 Å².